The van der Waals surface area contributed by atoms with Crippen molar-refractivity contribution in [3.8, 4) is 17.6 Å². The molecular weight excluding hydrogens is 232 g/mol. The molecule has 0 aliphatic carbocycles. The summed E-state index contributed by atoms with van der Waals surface area (Å²) in [7, 11) is 4.76. The lowest BCUT2D eigenvalue weighted by Crippen LogP contribution is -2.25. The fraction of sp³-hybridized carbons (Fsp3) is 0.385. The Bertz CT molecular complexity index is 466. The molecule has 0 bridgehead atoms. The molecule has 0 fully saturated rings. The van der Waals surface area contributed by atoms with Gasteiger partial charge in [-0.1, -0.05) is 0 Å². The Morgan fingerprint density at radius 3 is 2.56 bits per heavy atom. The van der Waals surface area contributed by atoms with Gasteiger partial charge in [0.1, 0.15) is 0 Å². The van der Waals surface area contributed by atoms with Crippen LogP contribution in [-0.2, 0) is 4.79 Å². The van der Waals surface area contributed by atoms with Gasteiger partial charge in [0, 0.05) is 31.6 Å². The number of methoxy groups -OCH3 is 2. The van der Waals surface area contributed by atoms with E-state index >= 15 is 0 Å². The smallest absolute Gasteiger partial charge is 0.227 e. The minimum absolute atomic E-state index is 0.108. The second-order valence-corrected chi connectivity index (χ2v) is 3.65. The Balaban J connectivity index is 2.89. The molecule has 0 radical (unpaired) electrons. The Kier molecular flexibility index (Phi) is 5.00. The van der Waals surface area contributed by atoms with E-state index in [-0.39, 0.29) is 18.7 Å². The number of carbonyl (C=O) groups excluding carboxylic acids is 1. The van der Waals surface area contributed by atoms with Crippen LogP contribution in [0.25, 0.3) is 0 Å². The number of hydrogen-bond acceptors (Lipinski definition) is 4. The van der Waals surface area contributed by atoms with Crippen molar-refractivity contribution in [2.75, 3.05) is 26.2 Å². The van der Waals surface area contributed by atoms with Crippen LogP contribution >= 0.6 is 0 Å². The third-order valence-electron chi connectivity index (χ3n) is 2.58. The second kappa shape index (κ2) is 6.50. The minimum Gasteiger partial charge on any atom is -0.493 e. The molecule has 0 spiro atoms. The Hall–Kier alpha value is -2.22. The maximum atomic E-state index is 11.8. The van der Waals surface area contributed by atoms with E-state index in [1.807, 2.05) is 6.07 Å². The summed E-state index contributed by atoms with van der Waals surface area (Å²) in [5, 5.41) is 8.46. The maximum absolute atomic E-state index is 11.8. The van der Waals surface area contributed by atoms with Crippen molar-refractivity contribution < 1.29 is 14.3 Å². The summed E-state index contributed by atoms with van der Waals surface area (Å²) in [4.78, 5) is 13.3. The van der Waals surface area contributed by atoms with Gasteiger partial charge in [0.2, 0.25) is 5.91 Å². The fourth-order valence-corrected chi connectivity index (χ4v) is 1.51. The molecule has 0 saturated heterocycles. The average molecular weight is 248 g/mol. The number of ether oxygens (including phenoxy) is 2. The normalized spacial score (nSPS) is 9.44. The van der Waals surface area contributed by atoms with Gasteiger partial charge < -0.3 is 14.4 Å². The van der Waals surface area contributed by atoms with Gasteiger partial charge in [0.05, 0.1) is 20.3 Å². The first-order valence-electron chi connectivity index (χ1n) is 5.49. The summed E-state index contributed by atoms with van der Waals surface area (Å²) in [6, 6.07) is 7.19. The molecule has 1 aromatic carbocycles. The Morgan fingerprint density at radius 1 is 1.33 bits per heavy atom. The average Bonchev–Trinajstić information content (AvgIpc) is 2.42. The van der Waals surface area contributed by atoms with Crippen molar-refractivity contribution in [1.82, 2.24) is 0 Å². The number of amides is 1. The van der Waals surface area contributed by atoms with Gasteiger partial charge in [-0.15, -0.1) is 0 Å². The molecule has 1 rings (SSSR count). The van der Waals surface area contributed by atoms with Crippen LogP contribution < -0.4 is 14.4 Å². The first-order chi connectivity index (χ1) is 8.63. The van der Waals surface area contributed by atoms with E-state index in [0.717, 1.165) is 0 Å². The molecular formula is C13H16N2O3. The van der Waals surface area contributed by atoms with Crippen molar-refractivity contribution in [2.24, 2.45) is 0 Å². The van der Waals surface area contributed by atoms with Gasteiger partial charge in [0.25, 0.3) is 0 Å². The number of nitriles is 1. The van der Waals surface area contributed by atoms with Crippen LogP contribution in [0.3, 0.4) is 0 Å². The maximum Gasteiger partial charge on any atom is 0.227 e. The number of carbonyl (C=O) groups is 1. The van der Waals surface area contributed by atoms with Crippen LogP contribution in [0.4, 0.5) is 5.69 Å². The molecule has 5 nitrogen and oxygen atoms in total. The topological polar surface area (TPSA) is 62.6 Å². The number of rotatable bonds is 5. The fourth-order valence-electron chi connectivity index (χ4n) is 1.51. The van der Waals surface area contributed by atoms with Gasteiger partial charge in [0.15, 0.2) is 11.5 Å². The number of benzene rings is 1. The summed E-state index contributed by atoms with van der Waals surface area (Å²) in [5.74, 6) is 1.07. The van der Waals surface area contributed by atoms with Crippen molar-refractivity contribution >= 4 is 11.6 Å². The highest BCUT2D eigenvalue weighted by Crippen LogP contribution is 2.31. The lowest BCUT2D eigenvalue weighted by Gasteiger charge is -2.18. The molecule has 0 aliphatic rings. The van der Waals surface area contributed by atoms with Crippen LogP contribution in [0.15, 0.2) is 18.2 Å². The van der Waals surface area contributed by atoms with Gasteiger partial charge in [-0.25, -0.2) is 0 Å². The van der Waals surface area contributed by atoms with Crippen LogP contribution in [0.2, 0.25) is 0 Å². The zero-order chi connectivity index (χ0) is 13.5. The number of anilines is 1. The summed E-state index contributed by atoms with van der Waals surface area (Å²) in [5.41, 5.74) is 0.704. The summed E-state index contributed by atoms with van der Waals surface area (Å²) >= 11 is 0. The van der Waals surface area contributed by atoms with E-state index in [1.54, 1.807) is 39.5 Å². The molecule has 1 aromatic rings. The molecule has 0 unspecified atom stereocenters. The van der Waals surface area contributed by atoms with E-state index in [2.05, 4.69) is 0 Å². The van der Waals surface area contributed by atoms with Crippen molar-refractivity contribution in [3.05, 3.63) is 18.2 Å². The highest BCUT2D eigenvalue weighted by atomic mass is 16.5. The van der Waals surface area contributed by atoms with E-state index < -0.39 is 0 Å². The minimum atomic E-state index is -0.108. The SMILES string of the molecule is COc1ccc(N(C)C(=O)CCC#N)cc1OC. The molecule has 5 heteroatoms. The lowest BCUT2D eigenvalue weighted by atomic mass is 10.2. The molecule has 0 aromatic heterocycles. The summed E-state index contributed by atoms with van der Waals surface area (Å²) in [6.07, 6.45) is 0.428. The molecule has 0 heterocycles. The van der Waals surface area contributed by atoms with E-state index in [4.69, 9.17) is 14.7 Å². The third kappa shape index (κ3) is 3.14. The monoisotopic (exact) mass is 248 g/mol. The van der Waals surface area contributed by atoms with E-state index in [9.17, 15) is 4.79 Å². The first-order valence-corrected chi connectivity index (χ1v) is 5.49. The van der Waals surface area contributed by atoms with Crippen LogP contribution in [0, 0.1) is 11.3 Å². The predicted octanol–water partition coefficient (Wildman–Crippen LogP) is 1.97. The summed E-state index contributed by atoms with van der Waals surface area (Å²) < 4.78 is 10.3. The van der Waals surface area contributed by atoms with Crippen molar-refractivity contribution in [2.45, 2.75) is 12.8 Å². The van der Waals surface area contributed by atoms with Crippen LogP contribution in [-0.4, -0.2) is 27.2 Å². The highest BCUT2D eigenvalue weighted by molar-refractivity contribution is 5.93. The predicted molar refractivity (Wildman–Crippen MR) is 67.8 cm³/mol. The lowest BCUT2D eigenvalue weighted by molar-refractivity contribution is -0.118. The van der Waals surface area contributed by atoms with Gasteiger partial charge in [-0.2, -0.15) is 5.26 Å². The van der Waals surface area contributed by atoms with Gasteiger partial charge in [-0.3, -0.25) is 4.79 Å². The third-order valence-corrected chi connectivity index (χ3v) is 2.58. The second-order valence-electron chi connectivity index (χ2n) is 3.65. The molecule has 1 amide bonds. The van der Waals surface area contributed by atoms with Gasteiger partial charge >= 0.3 is 0 Å². The molecule has 18 heavy (non-hydrogen) atoms. The first kappa shape index (κ1) is 13.8. The van der Waals surface area contributed by atoms with Crippen LogP contribution in [0.1, 0.15) is 12.8 Å². The molecule has 0 aliphatic heterocycles. The molecule has 96 valence electrons. The molecule has 0 saturated carbocycles. The van der Waals surface area contributed by atoms with Crippen molar-refractivity contribution in [1.29, 1.82) is 5.26 Å². The number of nitrogens with zero attached hydrogens (tertiary/aromatic N) is 2. The quantitative estimate of drug-likeness (QED) is 0.799. The zero-order valence-corrected chi connectivity index (χ0v) is 10.8. The molecule has 0 N–H and O–H groups in total. The zero-order valence-electron chi connectivity index (χ0n) is 10.8. The molecule has 0 atom stereocenters. The van der Waals surface area contributed by atoms with Gasteiger partial charge in [-0.05, 0) is 12.1 Å². The number of hydrogen-bond donors (Lipinski definition) is 0. The van der Waals surface area contributed by atoms with E-state index in [0.29, 0.717) is 17.2 Å². The largest absolute Gasteiger partial charge is 0.493 e. The standard InChI is InChI=1S/C13H16N2O3/c1-15(13(16)5-4-8-14)10-6-7-11(17-2)12(9-10)18-3/h6-7,9H,4-5H2,1-3H3. The Morgan fingerprint density at radius 2 is 2.00 bits per heavy atom. The summed E-state index contributed by atoms with van der Waals surface area (Å²) in [6.45, 7) is 0. The van der Waals surface area contributed by atoms with Crippen LogP contribution in [0.5, 0.6) is 11.5 Å². The Labute approximate surface area is 107 Å². The highest BCUT2D eigenvalue weighted by Gasteiger charge is 2.13. The van der Waals surface area contributed by atoms with Crippen molar-refractivity contribution in [3.63, 3.8) is 0 Å². The van der Waals surface area contributed by atoms with E-state index in [1.165, 1.54) is 4.90 Å².